The largest absolute Gasteiger partial charge is 0.367 e. The van der Waals surface area contributed by atoms with E-state index in [2.05, 4.69) is 20.1 Å². The van der Waals surface area contributed by atoms with Gasteiger partial charge in [0, 0.05) is 37.0 Å². The van der Waals surface area contributed by atoms with Gasteiger partial charge in [0.1, 0.15) is 34.8 Å². The minimum absolute atomic E-state index is 0.0498. The van der Waals surface area contributed by atoms with Crippen LogP contribution in [0.1, 0.15) is 43.3 Å². The summed E-state index contributed by atoms with van der Waals surface area (Å²) >= 11 is 0. The van der Waals surface area contributed by atoms with E-state index < -0.39 is 11.6 Å². The number of aryl methyl sites for hydroxylation is 1. The predicted molar refractivity (Wildman–Crippen MR) is 129 cm³/mol. The normalized spacial score (nSPS) is 20.3. The van der Waals surface area contributed by atoms with Gasteiger partial charge in [-0.25, -0.2) is 23.7 Å². The summed E-state index contributed by atoms with van der Waals surface area (Å²) in [5, 5.41) is 4.48. The molecule has 1 aliphatic heterocycles. The minimum atomic E-state index is -0.790. The van der Waals surface area contributed by atoms with Gasteiger partial charge in [0.2, 0.25) is 5.95 Å². The van der Waals surface area contributed by atoms with E-state index in [1.54, 1.807) is 14.0 Å². The molecule has 1 saturated carbocycles. The fraction of sp³-hybridized carbons (Fsp3) is 0.400. The maximum atomic E-state index is 14.9. The molecule has 2 fully saturated rings. The molecule has 36 heavy (non-hydrogen) atoms. The van der Waals surface area contributed by atoms with Crippen LogP contribution in [0.5, 0.6) is 0 Å². The van der Waals surface area contributed by atoms with Crippen molar-refractivity contribution in [1.29, 1.82) is 0 Å². The highest BCUT2D eigenvalue weighted by Crippen LogP contribution is 2.36. The van der Waals surface area contributed by atoms with E-state index >= 15 is 0 Å². The maximum Gasteiger partial charge on any atom is 0.279 e. The summed E-state index contributed by atoms with van der Waals surface area (Å²) < 4.78 is 38.1. The summed E-state index contributed by atoms with van der Waals surface area (Å²) in [5.41, 5.74) is 1.03. The molecular weight excluding hydrogens is 468 g/mol. The van der Waals surface area contributed by atoms with E-state index in [0.717, 1.165) is 30.5 Å². The zero-order chi connectivity index (χ0) is 25.1. The van der Waals surface area contributed by atoms with Gasteiger partial charge in [-0.15, -0.1) is 0 Å². The summed E-state index contributed by atoms with van der Waals surface area (Å²) in [6, 6.07) is 3.72. The third-order valence-corrected chi connectivity index (χ3v) is 6.78. The number of hydrogen-bond acceptors (Lipinski definition) is 7. The van der Waals surface area contributed by atoms with Crippen LogP contribution in [-0.4, -0.2) is 48.5 Å². The quantitative estimate of drug-likeness (QED) is 0.430. The molecule has 0 bridgehead atoms. The lowest BCUT2D eigenvalue weighted by Gasteiger charge is -2.36. The monoisotopic (exact) mass is 493 g/mol. The molecule has 0 N–H and O–H groups in total. The molecule has 0 unspecified atom stereocenters. The first-order chi connectivity index (χ1) is 17.3. The fourth-order valence-electron chi connectivity index (χ4n) is 4.61. The number of ether oxygens (including phenoxy) is 1. The average Bonchev–Trinajstić information content (AvgIpc) is 3.58. The van der Waals surface area contributed by atoms with Crippen LogP contribution in [0, 0.1) is 18.6 Å². The third kappa shape index (κ3) is 3.93. The topological polar surface area (TPSA) is 91.0 Å². The first kappa shape index (κ1) is 22.7. The fourth-order valence-corrected chi connectivity index (χ4v) is 4.61. The minimum Gasteiger partial charge on any atom is -0.367 e. The Morgan fingerprint density at radius 3 is 2.64 bits per heavy atom. The number of hydrogen-bond donors (Lipinski definition) is 0. The van der Waals surface area contributed by atoms with Crippen molar-refractivity contribution in [2.75, 3.05) is 18.0 Å². The molecule has 4 heterocycles. The Balaban J connectivity index is 1.47. The lowest BCUT2D eigenvalue weighted by molar-refractivity contribution is -0.0178. The SMILES string of the molecule is Cc1nc2c(-c3ccc(F)cc3F)nc(N3C[C@H](C)O[C@@H](c4cnn(C5CC5)c4)C3)nc2c(=O)n1C. The molecule has 11 heteroatoms. The van der Waals surface area contributed by atoms with Crippen LogP contribution in [0.15, 0.2) is 35.4 Å². The van der Waals surface area contributed by atoms with Crippen LogP contribution in [0.3, 0.4) is 0 Å². The van der Waals surface area contributed by atoms with Gasteiger partial charge in [0.05, 0.1) is 24.9 Å². The van der Waals surface area contributed by atoms with Gasteiger partial charge in [0.25, 0.3) is 5.56 Å². The molecule has 3 aromatic heterocycles. The van der Waals surface area contributed by atoms with E-state index in [-0.39, 0.29) is 46.0 Å². The van der Waals surface area contributed by atoms with Gasteiger partial charge >= 0.3 is 0 Å². The van der Waals surface area contributed by atoms with Crippen LogP contribution in [0.4, 0.5) is 14.7 Å². The number of fused-ring (bicyclic) bond motifs is 1. The Hall–Kier alpha value is -3.73. The molecule has 2 atom stereocenters. The van der Waals surface area contributed by atoms with E-state index in [4.69, 9.17) is 4.74 Å². The van der Waals surface area contributed by atoms with Gasteiger partial charge in [-0.2, -0.15) is 5.10 Å². The second-order valence-corrected chi connectivity index (χ2v) is 9.54. The average molecular weight is 494 g/mol. The van der Waals surface area contributed by atoms with Gasteiger partial charge in [0.15, 0.2) is 5.52 Å². The highest BCUT2D eigenvalue weighted by Gasteiger charge is 2.32. The summed E-state index contributed by atoms with van der Waals surface area (Å²) in [7, 11) is 1.61. The Morgan fingerprint density at radius 2 is 1.89 bits per heavy atom. The smallest absolute Gasteiger partial charge is 0.279 e. The molecule has 1 aliphatic carbocycles. The second-order valence-electron chi connectivity index (χ2n) is 9.54. The molecular formula is C25H25F2N7O2. The van der Waals surface area contributed by atoms with Crippen molar-refractivity contribution < 1.29 is 13.5 Å². The maximum absolute atomic E-state index is 14.9. The highest BCUT2D eigenvalue weighted by molar-refractivity contribution is 5.89. The van der Waals surface area contributed by atoms with Gasteiger partial charge in [-0.1, -0.05) is 0 Å². The molecule has 6 rings (SSSR count). The second kappa shape index (κ2) is 8.44. The molecule has 2 aliphatic rings. The van der Waals surface area contributed by atoms with Gasteiger partial charge in [-0.05, 0) is 38.8 Å². The van der Waals surface area contributed by atoms with E-state index in [0.29, 0.717) is 25.0 Å². The van der Waals surface area contributed by atoms with Crippen molar-refractivity contribution in [2.24, 2.45) is 7.05 Å². The van der Waals surface area contributed by atoms with E-state index in [1.807, 2.05) is 28.9 Å². The number of rotatable bonds is 4. The van der Waals surface area contributed by atoms with Crippen LogP contribution in [0.25, 0.3) is 22.3 Å². The Labute approximate surface area is 205 Å². The van der Waals surface area contributed by atoms with Crippen molar-refractivity contribution in [3.63, 3.8) is 0 Å². The predicted octanol–water partition coefficient (Wildman–Crippen LogP) is 3.47. The molecule has 1 aromatic carbocycles. The molecule has 9 nitrogen and oxygen atoms in total. The van der Waals surface area contributed by atoms with Crippen molar-refractivity contribution in [1.82, 2.24) is 29.3 Å². The molecule has 186 valence electrons. The van der Waals surface area contributed by atoms with Crippen LogP contribution in [0.2, 0.25) is 0 Å². The molecule has 0 radical (unpaired) electrons. The van der Waals surface area contributed by atoms with Crippen molar-refractivity contribution in [3.05, 3.63) is 64.0 Å². The van der Waals surface area contributed by atoms with Crippen molar-refractivity contribution in [3.8, 4) is 11.3 Å². The van der Waals surface area contributed by atoms with Gasteiger partial charge < -0.3 is 9.64 Å². The van der Waals surface area contributed by atoms with E-state index in [9.17, 15) is 13.6 Å². The van der Waals surface area contributed by atoms with Crippen LogP contribution < -0.4 is 10.5 Å². The first-order valence-corrected chi connectivity index (χ1v) is 11.9. The number of aromatic nitrogens is 6. The lowest BCUT2D eigenvalue weighted by atomic mass is 10.1. The lowest BCUT2D eigenvalue weighted by Crippen LogP contribution is -2.43. The van der Waals surface area contributed by atoms with Crippen LogP contribution >= 0.6 is 0 Å². The summed E-state index contributed by atoms with van der Waals surface area (Å²) in [6.45, 7) is 4.53. The molecule has 0 spiro atoms. The first-order valence-electron chi connectivity index (χ1n) is 11.9. The Bertz CT molecular complexity index is 1550. The molecule has 1 saturated heterocycles. The Kier molecular flexibility index (Phi) is 5.32. The van der Waals surface area contributed by atoms with Crippen molar-refractivity contribution >= 4 is 17.0 Å². The zero-order valence-corrected chi connectivity index (χ0v) is 20.2. The van der Waals surface area contributed by atoms with Gasteiger partial charge in [-0.3, -0.25) is 14.0 Å². The standard InChI is InChI=1S/C25H25F2N7O2/c1-13-10-33(12-20(36-13)15-9-28-34(11-15)17-5-6-17)25-30-21(18-7-4-16(26)8-19(18)27)22-23(31-25)24(35)32(3)14(2)29-22/h4,7-9,11,13,17,20H,5-6,10,12H2,1-3H3/t13-,20+/m0/s1. The number of halogens is 2. The third-order valence-electron chi connectivity index (χ3n) is 6.78. The highest BCUT2D eigenvalue weighted by atomic mass is 19.1. The summed E-state index contributed by atoms with van der Waals surface area (Å²) in [6.07, 6.45) is 5.67. The Morgan fingerprint density at radius 1 is 1.08 bits per heavy atom. The van der Waals surface area contributed by atoms with Crippen molar-refractivity contribution in [2.45, 2.75) is 44.9 Å². The van der Waals surface area contributed by atoms with E-state index in [1.165, 1.54) is 10.6 Å². The summed E-state index contributed by atoms with van der Waals surface area (Å²) in [4.78, 5) is 28.8. The number of morpholine rings is 1. The zero-order valence-electron chi connectivity index (χ0n) is 20.2. The molecule has 4 aromatic rings. The number of nitrogens with zero attached hydrogens (tertiary/aromatic N) is 7. The number of benzene rings is 1. The molecule has 0 amide bonds. The number of anilines is 1. The summed E-state index contributed by atoms with van der Waals surface area (Å²) in [5.74, 6) is -0.799. The van der Waals surface area contributed by atoms with Crippen LogP contribution in [-0.2, 0) is 11.8 Å².